The van der Waals surface area contributed by atoms with Crippen molar-refractivity contribution >= 4 is 15.9 Å². The van der Waals surface area contributed by atoms with Gasteiger partial charge in [-0.15, -0.1) is 0 Å². The van der Waals surface area contributed by atoms with Crippen LogP contribution in [0.1, 0.15) is 46.1 Å². The zero-order valence-electron chi connectivity index (χ0n) is 12.3. The molecule has 1 aromatic rings. The minimum atomic E-state index is -0.165. The summed E-state index contributed by atoms with van der Waals surface area (Å²) < 4.78 is 14.6. The van der Waals surface area contributed by atoms with Gasteiger partial charge in [0.15, 0.2) is 0 Å². The van der Waals surface area contributed by atoms with E-state index in [1.165, 1.54) is 6.07 Å². The van der Waals surface area contributed by atoms with Crippen molar-refractivity contribution in [3.05, 3.63) is 34.1 Å². The predicted octanol–water partition coefficient (Wildman–Crippen LogP) is 4.92. The summed E-state index contributed by atoms with van der Waals surface area (Å²) in [7, 11) is 0. The smallest absolute Gasteiger partial charge is 0.126 e. The summed E-state index contributed by atoms with van der Waals surface area (Å²) in [5.74, 6) is 0.396. The highest BCUT2D eigenvalue weighted by Crippen LogP contribution is 2.27. The number of nitrogens with two attached hydrogens (primary N) is 1. The van der Waals surface area contributed by atoms with Crippen molar-refractivity contribution in [2.24, 2.45) is 17.1 Å². The molecule has 108 valence electrons. The van der Waals surface area contributed by atoms with Crippen LogP contribution in [0.3, 0.4) is 0 Å². The van der Waals surface area contributed by atoms with E-state index in [9.17, 15) is 4.39 Å². The van der Waals surface area contributed by atoms with Gasteiger partial charge in [0, 0.05) is 10.5 Å². The molecular weight excluding hydrogens is 305 g/mol. The molecule has 0 aliphatic carbocycles. The fraction of sp³-hybridized carbons (Fsp3) is 0.625. The van der Waals surface area contributed by atoms with Gasteiger partial charge in [-0.2, -0.15) is 0 Å². The van der Waals surface area contributed by atoms with E-state index in [2.05, 4.69) is 43.6 Å². The first-order chi connectivity index (χ1) is 8.67. The van der Waals surface area contributed by atoms with Gasteiger partial charge >= 0.3 is 0 Å². The average Bonchev–Trinajstić information content (AvgIpc) is 2.20. The third kappa shape index (κ3) is 6.53. The third-order valence-corrected chi connectivity index (χ3v) is 3.65. The molecule has 0 saturated heterocycles. The predicted molar refractivity (Wildman–Crippen MR) is 83.6 cm³/mol. The molecule has 19 heavy (non-hydrogen) atoms. The van der Waals surface area contributed by atoms with Crippen LogP contribution in [-0.2, 0) is 6.42 Å². The maximum absolute atomic E-state index is 13.7. The Balaban J connectivity index is 2.55. The maximum Gasteiger partial charge on any atom is 0.126 e. The minimum absolute atomic E-state index is 0.0150. The second kappa shape index (κ2) is 6.85. The molecule has 0 radical (unpaired) electrons. The van der Waals surface area contributed by atoms with E-state index in [1.807, 2.05) is 6.07 Å². The van der Waals surface area contributed by atoms with Gasteiger partial charge in [-0.3, -0.25) is 0 Å². The Morgan fingerprint density at radius 2 is 1.95 bits per heavy atom. The van der Waals surface area contributed by atoms with Crippen molar-refractivity contribution in [3.63, 3.8) is 0 Å². The fourth-order valence-corrected chi connectivity index (χ4v) is 3.12. The topological polar surface area (TPSA) is 26.0 Å². The number of benzene rings is 1. The van der Waals surface area contributed by atoms with Crippen molar-refractivity contribution in [1.29, 1.82) is 0 Å². The lowest BCUT2D eigenvalue weighted by atomic mass is 9.82. The molecular formula is C16H25BrFN. The highest BCUT2D eigenvalue weighted by Gasteiger charge is 2.18. The van der Waals surface area contributed by atoms with Crippen LogP contribution in [0, 0.1) is 17.2 Å². The van der Waals surface area contributed by atoms with Gasteiger partial charge in [-0.05, 0) is 54.4 Å². The molecule has 2 atom stereocenters. The first kappa shape index (κ1) is 16.6. The normalized spacial score (nSPS) is 15.3. The molecule has 0 spiro atoms. The highest BCUT2D eigenvalue weighted by molar-refractivity contribution is 9.10. The molecule has 2 N–H and O–H groups in total. The van der Waals surface area contributed by atoms with Crippen LogP contribution in [0.15, 0.2) is 22.7 Å². The second-order valence-corrected chi connectivity index (χ2v) is 7.72. The molecule has 3 heteroatoms. The summed E-state index contributed by atoms with van der Waals surface area (Å²) in [6.07, 6.45) is 2.67. The zero-order chi connectivity index (χ0) is 14.6. The molecule has 0 heterocycles. The summed E-state index contributed by atoms with van der Waals surface area (Å²) >= 11 is 3.37. The van der Waals surface area contributed by atoms with Crippen molar-refractivity contribution in [2.45, 2.75) is 53.0 Å². The summed E-state index contributed by atoms with van der Waals surface area (Å²) in [6, 6.07) is 5.04. The summed E-state index contributed by atoms with van der Waals surface area (Å²) in [5.41, 5.74) is 7.18. The van der Waals surface area contributed by atoms with Crippen LogP contribution in [0.2, 0.25) is 0 Å². The lowest BCUT2D eigenvalue weighted by Crippen LogP contribution is -2.27. The Morgan fingerprint density at radius 1 is 1.32 bits per heavy atom. The SMILES string of the molecule is CC(CC(N)Cc1cc(Br)ccc1F)CC(C)(C)C. The summed E-state index contributed by atoms with van der Waals surface area (Å²) in [6.45, 7) is 8.94. The van der Waals surface area contributed by atoms with Gasteiger partial charge in [0.25, 0.3) is 0 Å². The van der Waals surface area contributed by atoms with Gasteiger partial charge in [-0.1, -0.05) is 43.6 Å². The number of hydrogen-bond acceptors (Lipinski definition) is 1. The zero-order valence-corrected chi connectivity index (χ0v) is 13.9. The monoisotopic (exact) mass is 329 g/mol. The molecule has 0 aromatic heterocycles. The largest absolute Gasteiger partial charge is 0.327 e. The molecule has 0 saturated carbocycles. The van der Waals surface area contributed by atoms with E-state index in [1.54, 1.807) is 6.07 Å². The van der Waals surface area contributed by atoms with E-state index in [0.717, 1.165) is 17.3 Å². The van der Waals surface area contributed by atoms with Crippen LogP contribution >= 0.6 is 15.9 Å². The van der Waals surface area contributed by atoms with Crippen LogP contribution in [0.25, 0.3) is 0 Å². The van der Waals surface area contributed by atoms with Gasteiger partial charge < -0.3 is 5.73 Å². The molecule has 2 unspecified atom stereocenters. The molecule has 1 aromatic carbocycles. The van der Waals surface area contributed by atoms with Gasteiger partial charge in [-0.25, -0.2) is 4.39 Å². The molecule has 0 bridgehead atoms. The quantitative estimate of drug-likeness (QED) is 0.815. The van der Waals surface area contributed by atoms with E-state index >= 15 is 0 Å². The standard InChI is InChI=1S/C16H25BrFN/c1-11(10-16(2,3)4)7-14(19)9-12-8-13(17)5-6-15(12)18/h5-6,8,11,14H,7,9-10,19H2,1-4H3. The lowest BCUT2D eigenvalue weighted by Gasteiger charge is -2.25. The Bertz CT molecular complexity index is 412. The highest BCUT2D eigenvalue weighted by atomic mass is 79.9. The Hall–Kier alpha value is -0.410. The van der Waals surface area contributed by atoms with E-state index in [-0.39, 0.29) is 11.9 Å². The third-order valence-electron chi connectivity index (χ3n) is 3.16. The average molecular weight is 330 g/mol. The molecule has 0 amide bonds. The van der Waals surface area contributed by atoms with Crippen LogP contribution in [-0.4, -0.2) is 6.04 Å². The molecule has 1 rings (SSSR count). The van der Waals surface area contributed by atoms with E-state index in [4.69, 9.17) is 5.73 Å². The number of halogens is 2. The molecule has 0 fully saturated rings. The summed E-state index contributed by atoms with van der Waals surface area (Å²) in [4.78, 5) is 0. The molecule has 0 aliphatic heterocycles. The maximum atomic E-state index is 13.7. The first-order valence-corrected chi connectivity index (χ1v) is 7.66. The minimum Gasteiger partial charge on any atom is -0.327 e. The first-order valence-electron chi connectivity index (χ1n) is 6.87. The number of hydrogen-bond donors (Lipinski definition) is 1. The second-order valence-electron chi connectivity index (χ2n) is 6.81. The van der Waals surface area contributed by atoms with Crippen molar-refractivity contribution < 1.29 is 4.39 Å². The van der Waals surface area contributed by atoms with Crippen molar-refractivity contribution in [1.82, 2.24) is 0 Å². The van der Waals surface area contributed by atoms with Crippen LogP contribution < -0.4 is 5.73 Å². The van der Waals surface area contributed by atoms with Gasteiger partial charge in [0.1, 0.15) is 5.82 Å². The van der Waals surface area contributed by atoms with E-state index in [0.29, 0.717) is 23.3 Å². The molecule has 0 aliphatic rings. The van der Waals surface area contributed by atoms with Crippen molar-refractivity contribution in [2.75, 3.05) is 0 Å². The molecule has 1 nitrogen and oxygen atoms in total. The van der Waals surface area contributed by atoms with Crippen LogP contribution in [0.5, 0.6) is 0 Å². The number of rotatable bonds is 5. The Kier molecular flexibility index (Phi) is 6.00. The van der Waals surface area contributed by atoms with Gasteiger partial charge in [0.2, 0.25) is 0 Å². The fourth-order valence-electron chi connectivity index (χ4n) is 2.71. The van der Waals surface area contributed by atoms with Crippen LogP contribution in [0.4, 0.5) is 4.39 Å². The van der Waals surface area contributed by atoms with Crippen molar-refractivity contribution in [3.8, 4) is 0 Å². The summed E-state index contributed by atoms with van der Waals surface area (Å²) in [5, 5.41) is 0. The van der Waals surface area contributed by atoms with Gasteiger partial charge in [0.05, 0.1) is 0 Å². The Labute approximate surface area is 124 Å². The Morgan fingerprint density at radius 3 is 2.53 bits per heavy atom. The lowest BCUT2D eigenvalue weighted by molar-refractivity contribution is 0.285. The van der Waals surface area contributed by atoms with E-state index < -0.39 is 0 Å².